The summed E-state index contributed by atoms with van der Waals surface area (Å²) in [5.41, 5.74) is 3.72. The molecule has 3 aromatic rings. The van der Waals surface area contributed by atoms with E-state index >= 15 is 0 Å². The second kappa shape index (κ2) is 9.35. The zero-order chi connectivity index (χ0) is 21.8. The fraction of sp³-hybridized carbons (Fsp3) is 0.360. The Labute approximate surface area is 183 Å². The van der Waals surface area contributed by atoms with Crippen molar-refractivity contribution in [1.29, 1.82) is 0 Å². The highest BCUT2D eigenvalue weighted by Crippen LogP contribution is 2.29. The van der Waals surface area contributed by atoms with Crippen molar-refractivity contribution < 1.29 is 4.74 Å². The molecule has 0 unspecified atom stereocenters. The molecule has 0 N–H and O–H groups in total. The van der Waals surface area contributed by atoms with Crippen LogP contribution in [0.1, 0.15) is 37.1 Å². The summed E-state index contributed by atoms with van der Waals surface area (Å²) < 4.78 is 7.41. The van der Waals surface area contributed by atoms with Crippen molar-refractivity contribution in [3.8, 4) is 5.75 Å². The monoisotopic (exact) mass is 418 g/mol. The average molecular weight is 419 g/mol. The fourth-order valence-corrected chi connectivity index (χ4v) is 4.08. The van der Waals surface area contributed by atoms with Crippen LogP contribution in [-0.2, 0) is 13.1 Å². The first-order valence-corrected chi connectivity index (χ1v) is 11.0. The van der Waals surface area contributed by atoms with E-state index in [1.165, 1.54) is 0 Å². The van der Waals surface area contributed by atoms with Gasteiger partial charge in [-0.3, -0.25) is 19.2 Å². The molecule has 1 aliphatic heterocycles. The van der Waals surface area contributed by atoms with Gasteiger partial charge in [0, 0.05) is 24.2 Å². The van der Waals surface area contributed by atoms with E-state index in [-0.39, 0.29) is 5.56 Å². The first-order valence-electron chi connectivity index (χ1n) is 11.0. The summed E-state index contributed by atoms with van der Waals surface area (Å²) in [6.45, 7) is 8.89. The number of fused-ring (bicyclic) bond motifs is 1. The van der Waals surface area contributed by atoms with E-state index in [1.54, 1.807) is 0 Å². The van der Waals surface area contributed by atoms with Crippen molar-refractivity contribution in [2.75, 3.05) is 24.7 Å². The first kappa shape index (κ1) is 21.1. The predicted molar refractivity (Wildman–Crippen MR) is 124 cm³/mol. The molecule has 31 heavy (non-hydrogen) atoms. The number of hydrogen-bond donors (Lipinski definition) is 0. The van der Waals surface area contributed by atoms with Crippen LogP contribution in [-0.4, -0.2) is 34.3 Å². The summed E-state index contributed by atoms with van der Waals surface area (Å²) in [7, 11) is 0. The van der Waals surface area contributed by atoms with Gasteiger partial charge < -0.3 is 4.74 Å². The van der Waals surface area contributed by atoms with Crippen LogP contribution in [0, 0.1) is 6.92 Å². The normalized spacial score (nSPS) is 13.8. The molecule has 0 atom stereocenters. The lowest BCUT2D eigenvalue weighted by atomic mass is 10.1. The molecule has 1 aliphatic rings. The van der Waals surface area contributed by atoms with Crippen LogP contribution in [0.2, 0.25) is 0 Å². The minimum atomic E-state index is 0.0445. The zero-order valence-electron chi connectivity index (χ0n) is 18.5. The molecule has 4 rings (SSSR count). The lowest BCUT2D eigenvalue weighted by Crippen LogP contribution is -2.48. The largest absolute Gasteiger partial charge is 0.494 e. The van der Waals surface area contributed by atoms with E-state index in [4.69, 9.17) is 9.72 Å². The summed E-state index contributed by atoms with van der Waals surface area (Å²) in [4.78, 5) is 22.9. The van der Waals surface area contributed by atoms with Crippen molar-refractivity contribution in [3.63, 3.8) is 0 Å². The van der Waals surface area contributed by atoms with Crippen molar-refractivity contribution in [2.24, 2.45) is 0 Å². The summed E-state index contributed by atoms with van der Waals surface area (Å²) in [6.07, 6.45) is 1.62. The van der Waals surface area contributed by atoms with Crippen LogP contribution < -0.4 is 15.2 Å². The van der Waals surface area contributed by atoms with Crippen molar-refractivity contribution >= 4 is 11.6 Å². The molecule has 6 heteroatoms. The Hall–Kier alpha value is -3.12. The van der Waals surface area contributed by atoms with Gasteiger partial charge in [0.1, 0.15) is 5.75 Å². The van der Waals surface area contributed by atoms with Gasteiger partial charge in [-0.15, -0.1) is 0 Å². The van der Waals surface area contributed by atoms with Gasteiger partial charge in [-0.1, -0.05) is 37.3 Å². The molecule has 0 aliphatic carbocycles. The van der Waals surface area contributed by atoms with E-state index in [0.717, 1.165) is 41.2 Å². The molecule has 0 radical (unpaired) electrons. The Morgan fingerprint density at radius 2 is 1.74 bits per heavy atom. The summed E-state index contributed by atoms with van der Waals surface area (Å²) in [5, 5.41) is 0. The van der Waals surface area contributed by atoms with Gasteiger partial charge in [0.25, 0.3) is 5.56 Å². The van der Waals surface area contributed by atoms with Gasteiger partial charge in [0.15, 0.2) is 0 Å². The molecular weight excluding hydrogens is 388 g/mol. The number of rotatable bonds is 7. The lowest BCUT2D eigenvalue weighted by molar-refractivity contribution is 0.198. The van der Waals surface area contributed by atoms with E-state index in [0.29, 0.717) is 32.3 Å². The van der Waals surface area contributed by atoms with Crippen LogP contribution in [0.4, 0.5) is 11.6 Å². The van der Waals surface area contributed by atoms with Crippen LogP contribution in [0.25, 0.3) is 0 Å². The number of hydrogen-bond acceptors (Lipinski definition) is 5. The number of anilines is 2. The highest BCUT2D eigenvalue weighted by atomic mass is 16.5. The van der Waals surface area contributed by atoms with Gasteiger partial charge in [-0.2, -0.15) is 0 Å². The Balaban J connectivity index is 1.75. The van der Waals surface area contributed by atoms with Gasteiger partial charge in [0.2, 0.25) is 5.95 Å². The topological polar surface area (TPSA) is 50.6 Å². The van der Waals surface area contributed by atoms with Gasteiger partial charge in [-0.25, -0.2) is 4.98 Å². The molecule has 0 bridgehead atoms. The van der Waals surface area contributed by atoms with Gasteiger partial charge >= 0.3 is 0 Å². The zero-order valence-corrected chi connectivity index (χ0v) is 18.5. The molecule has 0 spiro atoms. The number of nitrogens with zero attached hydrogens (tertiary/aromatic N) is 4. The Morgan fingerprint density at radius 3 is 2.42 bits per heavy atom. The van der Waals surface area contributed by atoms with Crippen molar-refractivity contribution in [2.45, 2.75) is 40.3 Å². The maximum absolute atomic E-state index is 13.6. The number of aromatic nitrogens is 2. The fourth-order valence-electron chi connectivity index (χ4n) is 4.08. The molecule has 1 aromatic heterocycles. The third-order valence-electron chi connectivity index (χ3n) is 5.60. The van der Waals surface area contributed by atoms with Crippen molar-refractivity contribution in [1.82, 2.24) is 14.5 Å². The molecule has 0 saturated heterocycles. The highest BCUT2D eigenvalue weighted by Gasteiger charge is 2.27. The second-order valence-electron chi connectivity index (χ2n) is 7.90. The first-order chi connectivity index (χ1) is 15.1. The van der Waals surface area contributed by atoms with Crippen LogP contribution in [0.5, 0.6) is 5.75 Å². The van der Waals surface area contributed by atoms with E-state index in [9.17, 15) is 4.79 Å². The SMILES string of the molecule is CCCN1CN(c2ccc(OCC)cc2)c2nc(C)c(Cc3ccccc3)c(=O)n2C1. The molecule has 162 valence electrons. The minimum absolute atomic E-state index is 0.0445. The van der Waals surface area contributed by atoms with E-state index < -0.39 is 0 Å². The predicted octanol–water partition coefficient (Wildman–Crippen LogP) is 4.32. The molecule has 0 amide bonds. The summed E-state index contributed by atoms with van der Waals surface area (Å²) in [6, 6.07) is 18.1. The molecule has 0 fully saturated rings. The van der Waals surface area contributed by atoms with E-state index in [1.807, 2.05) is 60.9 Å². The maximum atomic E-state index is 13.6. The van der Waals surface area contributed by atoms with Crippen LogP contribution in [0.15, 0.2) is 59.4 Å². The summed E-state index contributed by atoms with van der Waals surface area (Å²) in [5.74, 6) is 1.55. The molecular formula is C25H30N4O2. The van der Waals surface area contributed by atoms with Crippen LogP contribution >= 0.6 is 0 Å². The number of ether oxygens (including phenoxy) is 1. The van der Waals surface area contributed by atoms with Crippen molar-refractivity contribution in [3.05, 3.63) is 81.8 Å². The third kappa shape index (κ3) is 4.49. The minimum Gasteiger partial charge on any atom is -0.494 e. The Kier molecular flexibility index (Phi) is 6.37. The third-order valence-corrected chi connectivity index (χ3v) is 5.60. The molecule has 2 heterocycles. The van der Waals surface area contributed by atoms with E-state index in [2.05, 4.69) is 28.9 Å². The lowest BCUT2D eigenvalue weighted by Gasteiger charge is -2.38. The van der Waals surface area contributed by atoms with Gasteiger partial charge in [-0.05, 0) is 50.1 Å². The number of benzene rings is 2. The Morgan fingerprint density at radius 1 is 1.00 bits per heavy atom. The molecule has 0 saturated carbocycles. The second-order valence-corrected chi connectivity index (χ2v) is 7.90. The highest BCUT2D eigenvalue weighted by molar-refractivity contribution is 5.59. The smallest absolute Gasteiger partial charge is 0.259 e. The molecule has 6 nitrogen and oxygen atoms in total. The molecule has 2 aromatic carbocycles. The summed E-state index contributed by atoms with van der Waals surface area (Å²) >= 11 is 0. The quantitative estimate of drug-likeness (QED) is 0.572. The number of aryl methyl sites for hydroxylation is 1. The Bertz CT molecular complexity index is 1080. The maximum Gasteiger partial charge on any atom is 0.259 e. The van der Waals surface area contributed by atoms with Crippen LogP contribution in [0.3, 0.4) is 0 Å². The average Bonchev–Trinajstić information content (AvgIpc) is 2.78. The standard InChI is InChI=1S/C25H30N4O2/c1-4-15-27-17-28(21-11-13-22(14-12-21)31-5-2)25-26-19(3)23(24(30)29(25)18-27)16-20-9-7-6-8-10-20/h6-14H,4-5,15-18H2,1-3H3. The van der Waals surface area contributed by atoms with Gasteiger partial charge in [0.05, 0.1) is 25.6 Å².